The maximum atomic E-state index is 13.2. The molecule has 0 spiro atoms. The van der Waals surface area contributed by atoms with Gasteiger partial charge in [-0.3, -0.25) is 9.69 Å². The third-order valence-corrected chi connectivity index (χ3v) is 5.69. The maximum absolute atomic E-state index is 13.2. The molecule has 0 bridgehead atoms. The molecule has 0 saturated carbocycles. The quantitative estimate of drug-likeness (QED) is 0.821. The molecule has 4 nitrogen and oxygen atoms in total. The van der Waals surface area contributed by atoms with Crippen molar-refractivity contribution in [2.24, 2.45) is 5.92 Å². The summed E-state index contributed by atoms with van der Waals surface area (Å²) in [6.07, 6.45) is 6.92. The van der Waals surface area contributed by atoms with Crippen LogP contribution in [0, 0.1) is 5.92 Å². The summed E-state index contributed by atoms with van der Waals surface area (Å²) in [4.78, 5) is 17.8. The number of hydrogen-bond donors (Lipinski definition) is 0. The van der Waals surface area contributed by atoms with Crippen molar-refractivity contribution in [1.82, 2.24) is 9.80 Å². The summed E-state index contributed by atoms with van der Waals surface area (Å²) in [6.45, 7) is 4.46. The third-order valence-electron chi connectivity index (χ3n) is 5.69. The molecule has 0 aromatic heterocycles. The first-order valence-corrected chi connectivity index (χ1v) is 9.85. The summed E-state index contributed by atoms with van der Waals surface area (Å²) < 4.78 is 5.53. The summed E-state index contributed by atoms with van der Waals surface area (Å²) >= 11 is 0. The van der Waals surface area contributed by atoms with E-state index in [1.54, 1.807) is 7.11 Å². The molecule has 2 aliphatic rings. The largest absolute Gasteiger partial charge is 0.383 e. The molecule has 0 N–H and O–H groups in total. The molecule has 25 heavy (non-hydrogen) atoms. The van der Waals surface area contributed by atoms with E-state index in [1.807, 2.05) is 0 Å². The molecule has 1 aromatic rings. The Balaban J connectivity index is 1.71. The van der Waals surface area contributed by atoms with Gasteiger partial charge in [-0.15, -0.1) is 0 Å². The monoisotopic (exact) mass is 344 g/mol. The normalized spacial score (nSPS) is 25.6. The number of likely N-dealkylation sites (tertiary alicyclic amines) is 2. The van der Waals surface area contributed by atoms with Gasteiger partial charge in [0.1, 0.15) is 0 Å². The second-order valence-electron chi connectivity index (χ2n) is 7.47. The lowest BCUT2D eigenvalue weighted by Crippen LogP contribution is -2.53. The fraction of sp³-hybridized carbons (Fsp3) is 0.667. The molecule has 2 fully saturated rings. The first kappa shape index (κ1) is 18.4. The Bertz CT molecular complexity index is 526. The predicted octanol–water partition coefficient (Wildman–Crippen LogP) is 3.32. The third kappa shape index (κ3) is 4.83. The van der Waals surface area contributed by atoms with Crippen LogP contribution in [0.2, 0.25) is 0 Å². The van der Waals surface area contributed by atoms with E-state index in [4.69, 9.17) is 4.74 Å². The molecular formula is C21H32N2O2. The van der Waals surface area contributed by atoms with Gasteiger partial charge >= 0.3 is 0 Å². The first-order valence-electron chi connectivity index (χ1n) is 9.85. The zero-order chi connectivity index (χ0) is 17.5. The van der Waals surface area contributed by atoms with Gasteiger partial charge in [0.25, 0.3) is 0 Å². The molecule has 1 aromatic carbocycles. The number of ether oxygens (including phenoxy) is 1. The lowest BCUT2D eigenvalue weighted by Gasteiger charge is -2.42. The highest BCUT2D eigenvalue weighted by Gasteiger charge is 2.38. The summed E-state index contributed by atoms with van der Waals surface area (Å²) in [6, 6.07) is 10.8. The molecule has 4 heteroatoms. The molecule has 0 aliphatic carbocycles. The molecule has 0 unspecified atom stereocenters. The fourth-order valence-electron chi connectivity index (χ4n) is 4.35. The highest BCUT2D eigenvalue weighted by molar-refractivity contribution is 5.79. The topological polar surface area (TPSA) is 32.8 Å². The Morgan fingerprint density at radius 3 is 2.44 bits per heavy atom. The Labute approximate surface area is 152 Å². The van der Waals surface area contributed by atoms with Crippen molar-refractivity contribution in [3.8, 4) is 0 Å². The number of piperidine rings is 1. The van der Waals surface area contributed by atoms with E-state index < -0.39 is 0 Å². The van der Waals surface area contributed by atoms with Crippen molar-refractivity contribution in [3.05, 3.63) is 35.9 Å². The smallest absolute Gasteiger partial charge is 0.227 e. The van der Waals surface area contributed by atoms with Gasteiger partial charge in [0.15, 0.2) is 0 Å². The number of rotatable bonds is 5. The van der Waals surface area contributed by atoms with Crippen LogP contribution in [0.5, 0.6) is 0 Å². The Morgan fingerprint density at radius 2 is 1.76 bits per heavy atom. The van der Waals surface area contributed by atoms with Gasteiger partial charge in [-0.25, -0.2) is 0 Å². The number of amides is 1. The van der Waals surface area contributed by atoms with E-state index in [0.29, 0.717) is 12.5 Å². The average molecular weight is 344 g/mol. The Hall–Kier alpha value is -1.39. The van der Waals surface area contributed by atoms with Crippen LogP contribution in [-0.4, -0.2) is 55.1 Å². The van der Waals surface area contributed by atoms with Crippen LogP contribution in [0.3, 0.4) is 0 Å². The van der Waals surface area contributed by atoms with Crippen LogP contribution in [0.15, 0.2) is 30.3 Å². The van der Waals surface area contributed by atoms with Crippen molar-refractivity contribution in [2.75, 3.05) is 33.4 Å². The molecular weight excluding hydrogens is 312 g/mol. The van der Waals surface area contributed by atoms with E-state index in [9.17, 15) is 4.79 Å². The van der Waals surface area contributed by atoms with E-state index in [-0.39, 0.29) is 12.0 Å². The van der Waals surface area contributed by atoms with Crippen molar-refractivity contribution < 1.29 is 9.53 Å². The second kappa shape index (κ2) is 9.35. The minimum atomic E-state index is 0.0792. The highest BCUT2D eigenvalue weighted by atomic mass is 16.5. The van der Waals surface area contributed by atoms with Crippen LogP contribution in [0.25, 0.3) is 0 Å². The summed E-state index contributed by atoms with van der Waals surface area (Å²) in [7, 11) is 1.75. The number of nitrogens with zero attached hydrogens (tertiary/aromatic N) is 2. The van der Waals surface area contributed by atoms with E-state index in [0.717, 1.165) is 51.9 Å². The van der Waals surface area contributed by atoms with E-state index in [2.05, 4.69) is 40.1 Å². The molecule has 0 radical (unpaired) electrons. The minimum Gasteiger partial charge on any atom is -0.383 e. The standard InChI is InChI=1S/C21H32N2O2/c1-25-17-20-19(21(24)22-13-7-2-3-8-14-22)12-9-15-23(20)16-18-10-5-4-6-11-18/h4-6,10-11,19-20H,2-3,7-9,12-17H2,1H3/t19-,20-/m1/s1. The van der Waals surface area contributed by atoms with Crippen LogP contribution < -0.4 is 0 Å². The Morgan fingerprint density at radius 1 is 1.04 bits per heavy atom. The zero-order valence-corrected chi connectivity index (χ0v) is 15.5. The predicted molar refractivity (Wildman–Crippen MR) is 100 cm³/mol. The minimum absolute atomic E-state index is 0.0792. The van der Waals surface area contributed by atoms with Crippen molar-refractivity contribution in [1.29, 1.82) is 0 Å². The van der Waals surface area contributed by atoms with Gasteiger partial charge < -0.3 is 9.64 Å². The number of carbonyl (C=O) groups is 1. The van der Waals surface area contributed by atoms with Gasteiger partial charge in [0, 0.05) is 32.8 Å². The molecule has 2 saturated heterocycles. The Kier molecular flexibility index (Phi) is 6.88. The number of benzene rings is 1. The molecule has 3 rings (SSSR count). The molecule has 2 aliphatic heterocycles. The number of carbonyl (C=O) groups excluding carboxylic acids is 1. The average Bonchev–Trinajstić information content (AvgIpc) is 2.93. The molecule has 1 amide bonds. The van der Waals surface area contributed by atoms with E-state index in [1.165, 1.54) is 18.4 Å². The van der Waals surface area contributed by atoms with Gasteiger partial charge in [0.05, 0.1) is 12.5 Å². The van der Waals surface area contributed by atoms with Crippen LogP contribution in [0.1, 0.15) is 44.1 Å². The van der Waals surface area contributed by atoms with Crippen LogP contribution >= 0.6 is 0 Å². The van der Waals surface area contributed by atoms with Gasteiger partial charge in [-0.05, 0) is 37.8 Å². The lowest BCUT2D eigenvalue weighted by molar-refractivity contribution is -0.141. The summed E-state index contributed by atoms with van der Waals surface area (Å²) in [5.41, 5.74) is 1.31. The molecule has 2 atom stereocenters. The van der Waals surface area contributed by atoms with Crippen molar-refractivity contribution in [2.45, 2.75) is 51.1 Å². The van der Waals surface area contributed by atoms with Crippen LogP contribution in [0.4, 0.5) is 0 Å². The summed E-state index contributed by atoms with van der Waals surface area (Å²) in [5.74, 6) is 0.442. The maximum Gasteiger partial charge on any atom is 0.227 e. The van der Waals surface area contributed by atoms with Gasteiger partial charge in [0.2, 0.25) is 5.91 Å². The highest BCUT2D eigenvalue weighted by Crippen LogP contribution is 2.28. The second-order valence-corrected chi connectivity index (χ2v) is 7.47. The van der Waals surface area contributed by atoms with Gasteiger partial charge in [-0.1, -0.05) is 43.2 Å². The molecule has 138 valence electrons. The van der Waals surface area contributed by atoms with Crippen LogP contribution in [-0.2, 0) is 16.1 Å². The van der Waals surface area contributed by atoms with Gasteiger partial charge in [-0.2, -0.15) is 0 Å². The fourth-order valence-corrected chi connectivity index (χ4v) is 4.35. The van der Waals surface area contributed by atoms with Crippen molar-refractivity contribution >= 4 is 5.91 Å². The SMILES string of the molecule is COC[C@@H]1[C@H](C(=O)N2CCCCCC2)CCCN1Cc1ccccc1. The molecule has 2 heterocycles. The first-order chi connectivity index (χ1) is 12.3. The number of methoxy groups -OCH3 is 1. The number of hydrogen-bond acceptors (Lipinski definition) is 3. The summed E-state index contributed by atoms with van der Waals surface area (Å²) in [5, 5.41) is 0. The van der Waals surface area contributed by atoms with E-state index >= 15 is 0 Å². The lowest BCUT2D eigenvalue weighted by atomic mass is 9.87. The zero-order valence-electron chi connectivity index (χ0n) is 15.5. The van der Waals surface area contributed by atoms with Crippen molar-refractivity contribution in [3.63, 3.8) is 0 Å².